The maximum Gasteiger partial charge on any atom is 0.270 e. The molecule has 2 aromatic rings. The predicted molar refractivity (Wildman–Crippen MR) is 125 cm³/mol. The molecular weight excluding hydrogens is 412 g/mol. The molecule has 31 heavy (non-hydrogen) atoms. The zero-order valence-corrected chi connectivity index (χ0v) is 18.3. The van der Waals surface area contributed by atoms with Crippen molar-refractivity contribution in [3.8, 4) is 11.5 Å². The normalized spacial score (nSPS) is 15.2. The van der Waals surface area contributed by atoms with E-state index in [1.54, 1.807) is 37.3 Å². The van der Waals surface area contributed by atoms with Crippen molar-refractivity contribution in [2.75, 3.05) is 11.5 Å². The predicted octanol–water partition coefficient (Wildman–Crippen LogP) is 3.91. The number of hydrogen-bond donors (Lipinski definition) is 2. The number of carbonyl (C=O) groups excluding carboxylic acids is 2. The number of phenols is 1. The number of rotatable bonds is 7. The molecule has 0 aliphatic carbocycles. The molecule has 0 spiro atoms. The summed E-state index contributed by atoms with van der Waals surface area (Å²) in [7, 11) is 0. The number of anilines is 1. The lowest BCUT2D eigenvalue weighted by atomic mass is 10.0. The van der Waals surface area contributed by atoms with Gasteiger partial charge in [-0.05, 0) is 73.5 Å². The highest BCUT2D eigenvalue weighted by Gasteiger charge is 2.34. The summed E-state index contributed by atoms with van der Waals surface area (Å²) in [6, 6.07) is 10.7. The Kier molecular flexibility index (Phi) is 6.87. The fraction of sp³-hybridized carbons (Fsp3) is 0.208. The Morgan fingerprint density at radius 1 is 1.19 bits per heavy atom. The van der Waals surface area contributed by atoms with Crippen molar-refractivity contribution in [2.45, 2.75) is 26.7 Å². The zero-order valence-electron chi connectivity index (χ0n) is 17.5. The van der Waals surface area contributed by atoms with Gasteiger partial charge in [0.1, 0.15) is 5.57 Å². The number of phenolic OH excluding ortho intramolecular Hbond substituents is 1. The van der Waals surface area contributed by atoms with Crippen LogP contribution in [0.5, 0.6) is 11.5 Å². The van der Waals surface area contributed by atoms with Crippen molar-refractivity contribution < 1.29 is 19.4 Å². The molecule has 7 heteroatoms. The first kappa shape index (κ1) is 22.2. The lowest BCUT2D eigenvalue weighted by molar-refractivity contribution is -0.122. The fourth-order valence-electron chi connectivity index (χ4n) is 3.29. The Bertz CT molecular complexity index is 1070. The van der Waals surface area contributed by atoms with Gasteiger partial charge < -0.3 is 9.84 Å². The molecule has 2 aromatic carbocycles. The molecule has 1 aliphatic heterocycles. The molecule has 0 radical (unpaired) electrons. The summed E-state index contributed by atoms with van der Waals surface area (Å²) in [5, 5.41) is 13.0. The summed E-state index contributed by atoms with van der Waals surface area (Å²) in [5.74, 6) is -0.802. The van der Waals surface area contributed by atoms with Crippen molar-refractivity contribution in [3.05, 3.63) is 71.3 Å². The minimum absolute atomic E-state index is 0.0159. The average Bonchev–Trinajstić information content (AvgIpc) is 2.75. The molecule has 0 atom stereocenters. The van der Waals surface area contributed by atoms with E-state index in [4.69, 9.17) is 17.0 Å². The van der Waals surface area contributed by atoms with E-state index in [0.29, 0.717) is 29.8 Å². The summed E-state index contributed by atoms with van der Waals surface area (Å²) < 4.78 is 5.51. The number of nitrogens with zero attached hydrogens (tertiary/aromatic N) is 1. The van der Waals surface area contributed by atoms with Crippen LogP contribution in [-0.4, -0.2) is 28.6 Å². The number of carbonyl (C=O) groups is 2. The molecule has 0 bridgehead atoms. The second-order valence-electron chi connectivity index (χ2n) is 6.93. The molecule has 6 nitrogen and oxygen atoms in total. The van der Waals surface area contributed by atoms with Crippen LogP contribution in [0.4, 0.5) is 5.69 Å². The third-order valence-corrected chi connectivity index (χ3v) is 5.14. The van der Waals surface area contributed by atoms with E-state index in [-0.39, 0.29) is 22.2 Å². The van der Waals surface area contributed by atoms with Crippen LogP contribution in [0.3, 0.4) is 0 Å². The summed E-state index contributed by atoms with van der Waals surface area (Å²) in [5.41, 5.74) is 2.77. The van der Waals surface area contributed by atoms with Gasteiger partial charge in [0.05, 0.1) is 12.3 Å². The lowest BCUT2D eigenvalue weighted by Crippen LogP contribution is -2.54. The van der Waals surface area contributed by atoms with Gasteiger partial charge in [0.15, 0.2) is 16.6 Å². The molecule has 3 rings (SSSR count). The number of allylic oxidation sites excluding steroid dienone is 1. The fourth-order valence-corrected chi connectivity index (χ4v) is 3.57. The van der Waals surface area contributed by atoms with Crippen molar-refractivity contribution in [1.29, 1.82) is 0 Å². The quantitative estimate of drug-likeness (QED) is 0.298. The van der Waals surface area contributed by atoms with E-state index in [1.807, 2.05) is 19.1 Å². The smallest absolute Gasteiger partial charge is 0.270 e. The SMILES string of the molecule is C=CCc1cc(/C=C2\C(=O)NC(=S)N(c3ccc(CC)cc3)C2=O)cc(OCC)c1O. The highest BCUT2D eigenvalue weighted by Crippen LogP contribution is 2.33. The van der Waals surface area contributed by atoms with Gasteiger partial charge in [-0.1, -0.05) is 25.1 Å². The Hall–Kier alpha value is -3.45. The summed E-state index contributed by atoms with van der Waals surface area (Å²) in [4.78, 5) is 27.1. The van der Waals surface area contributed by atoms with Crippen LogP contribution in [0.15, 0.2) is 54.6 Å². The van der Waals surface area contributed by atoms with Crippen LogP contribution in [0, 0.1) is 0 Å². The maximum absolute atomic E-state index is 13.2. The third-order valence-electron chi connectivity index (χ3n) is 4.86. The Morgan fingerprint density at radius 2 is 1.90 bits per heavy atom. The maximum atomic E-state index is 13.2. The van der Waals surface area contributed by atoms with Crippen molar-refractivity contribution in [1.82, 2.24) is 5.32 Å². The van der Waals surface area contributed by atoms with Crippen LogP contribution >= 0.6 is 12.2 Å². The molecule has 1 heterocycles. The van der Waals surface area contributed by atoms with Crippen molar-refractivity contribution in [2.24, 2.45) is 0 Å². The van der Waals surface area contributed by atoms with E-state index >= 15 is 0 Å². The lowest BCUT2D eigenvalue weighted by Gasteiger charge is -2.29. The largest absolute Gasteiger partial charge is 0.504 e. The van der Waals surface area contributed by atoms with Crippen molar-refractivity contribution in [3.63, 3.8) is 0 Å². The van der Waals surface area contributed by atoms with Gasteiger partial charge >= 0.3 is 0 Å². The molecular formula is C24H24N2O4S. The zero-order chi connectivity index (χ0) is 22.5. The number of benzene rings is 2. The van der Waals surface area contributed by atoms with E-state index in [1.165, 1.54) is 11.0 Å². The van der Waals surface area contributed by atoms with Gasteiger partial charge in [-0.3, -0.25) is 19.8 Å². The Morgan fingerprint density at radius 3 is 2.52 bits per heavy atom. The number of aromatic hydroxyl groups is 1. The average molecular weight is 437 g/mol. The van der Waals surface area contributed by atoms with E-state index < -0.39 is 11.8 Å². The molecule has 0 unspecified atom stereocenters. The number of ether oxygens (including phenoxy) is 1. The second-order valence-corrected chi connectivity index (χ2v) is 7.32. The first-order chi connectivity index (χ1) is 14.9. The van der Waals surface area contributed by atoms with E-state index in [2.05, 4.69) is 11.9 Å². The van der Waals surface area contributed by atoms with Crippen LogP contribution in [0.1, 0.15) is 30.5 Å². The molecule has 0 aromatic heterocycles. The van der Waals surface area contributed by atoms with Gasteiger partial charge in [0.25, 0.3) is 11.8 Å². The highest BCUT2D eigenvalue weighted by molar-refractivity contribution is 7.80. The van der Waals surface area contributed by atoms with Crippen LogP contribution < -0.4 is 15.0 Å². The molecule has 2 amide bonds. The number of amides is 2. The van der Waals surface area contributed by atoms with Gasteiger partial charge in [-0.2, -0.15) is 0 Å². The first-order valence-corrected chi connectivity index (χ1v) is 10.4. The van der Waals surface area contributed by atoms with Gasteiger partial charge in [-0.15, -0.1) is 6.58 Å². The Labute approximate surface area is 186 Å². The summed E-state index contributed by atoms with van der Waals surface area (Å²) in [6.07, 6.45) is 4.40. The van der Waals surface area contributed by atoms with E-state index in [0.717, 1.165) is 12.0 Å². The van der Waals surface area contributed by atoms with E-state index in [9.17, 15) is 14.7 Å². The van der Waals surface area contributed by atoms with Gasteiger partial charge in [0.2, 0.25) is 0 Å². The van der Waals surface area contributed by atoms with Gasteiger partial charge in [0, 0.05) is 5.56 Å². The molecule has 2 N–H and O–H groups in total. The number of thiocarbonyl (C=S) groups is 1. The molecule has 0 saturated carbocycles. The molecule has 1 fully saturated rings. The standard InChI is InChI=1S/C24H24N2O4S/c1-4-7-17-12-16(14-20(21(17)27)30-6-3)13-19-22(28)25-24(31)26(23(19)29)18-10-8-15(5-2)9-11-18/h4,8-14,27H,1,5-7H2,2-3H3,(H,25,28,31)/b19-13+. The summed E-state index contributed by atoms with van der Waals surface area (Å²) >= 11 is 5.25. The van der Waals surface area contributed by atoms with Crippen molar-refractivity contribution >= 4 is 40.9 Å². The van der Waals surface area contributed by atoms with Gasteiger partial charge in [-0.25, -0.2) is 0 Å². The highest BCUT2D eigenvalue weighted by atomic mass is 32.1. The number of hydrogen-bond acceptors (Lipinski definition) is 5. The topological polar surface area (TPSA) is 78.9 Å². The first-order valence-electron chi connectivity index (χ1n) is 9.99. The minimum atomic E-state index is -0.576. The number of aryl methyl sites for hydroxylation is 1. The van der Waals surface area contributed by atoms with Crippen LogP contribution in [0.2, 0.25) is 0 Å². The second kappa shape index (κ2) is 9.57. The van der Waals surface area contributed by atoms with Crippen LogP contribution in [0.25, 0.3) is 6.08 Å². The Balaban J connectivity index is 2.04. The molecule has 160 valence electrons. The number of nitrogens with one attached hydrogen (secondary N) is 1. The monoisotopic (exact) mass is 436 g/mol. The molecule has 1 aliphatic rings. The summed E-state index contributed by atoms with van der Waals surface area (Å²) in [6.45, 7) is 7.90. The third kappa shape index (κ3) is 4.67. The van der Waals surface area contributed by atoms with Crippen LogP contribution in [-0.2, 0) is 22.4 Å². The minimum Gasteiger partial charge on any atom is -0.504 e. The molecule has 1 saturated heterocycles.